The third-order valence-electron chi connectivity index (χ3n) is 4.29. The van der Waals surface area contributed by atoms with Crippen LogP contribution in [-0.4, -0.2) is 22.5 Å². The van der Waals surface area contributed by atoms with Crippen molar-refractivity contribution in [3.63, 3.8) is 0 Å². The Morgan fingerprint density at radius 1 is 0.939 bits per heavy atom. The van der Waals surface area contributed by atoms with Gasteiger partial charge < -0.3 is 10.6 Å². The van der Waals surface area contributed by atoms with Crippen LogP contribution in [0.25, 0.3) is 0 Å². The van der Waals surface area contributed by atoms with Crippen molar-refractivity contribution in [1.29, 1.82) is 0 Å². The first-order chi connectivity index (χ1) is 15.6. The van der Waals surface area contributed by atoms with Crippen molar-refractivity contribution >= 4 is 40.6 Å². The van der Waals surface area contributed by atoms with Gasteiger partial charge in [0.25, 0.3) is 11.6 Å². The molecular weight excluding hydrogens is 459 g/mol. The third kappa shape index (κ3) is 6.56. The summed E-state index contributed by atoms with van der Waals surface area (Å²) in [5.74, 6) is -1.33. The maximum atomic E-state index is 13.1. The molecule has 0 spiro atoms. The zero-order chi connectivity index (χ0) is 24.0. The van der Waals surface area contributed by atoms with Crippen LogP contribution in [0.4, 0.5) is 30.2 Å². The van der Waals surface area contributed by atoms with Crippen LogP contribution in [0.15, 0.2) is 77.7 Å². The summed E-state index contributed by atoms with van der Waals surface area (Å²) in [6, 6.07) is 16.4. The number of anilines is 2. The highest BCUT2D eigenvalue weighted by Gasteiger charge is 2.33. The molecule has 11 heteroatoms. The molecule has 0 saturated heterocycles. The van der Waals surface area contributed by atoms with Gasteiger partial charge in [0.2, 0.25) is 5.91 Å². The lowest BCUT2D eigenvalue weighted by molar-refractivity contribution is -0.384. The summed E-state index contributed by atoms with van der Waals surface area (Å²) in [7, 11) is 0. The molecule has 0 atom stereocenters. The average Bonchev–Trinajstić information content (AvgIpc) is 2.77. The Bertz CT molecular complexity index is 1200. The highest BCUT2D eigenvalue weighted by Crippen LogP contribution is 2.34. The maximum absolute atomic E-state index is 13.1. The van der Waals surface area contributed by atoms with E-state index in [2.05, 4.69) is 10.6 Å². The summed E-state index contributed by atoms with van der Waals surface area (Å²) in [6.07, 6.45) is -4.59. The van der Waals surface area contributed by atoms with E-state index in [1.807, 2.05) is 0 Å². The van der Waals surface area contributed by atoms with Crippen LogP contribution in [-0.2, 0) is 11.0 Å². The number of nitro benzene ring substituents is 1. The average molecular weight is 475 g/mol. The van der Waals surface area contributed by atoms with Crippen LogP contribution in [0.2, 0.25) is 0 Å². The van der Waals surface area contributed by atoms with Gasteiger partial charge in [-0.1, -0.05) is 24.3 Å². The van der Waals surface area contributed by atoms with Crippen molar-refractivity contribution in [2.75, 3.05) is 16.4 Å². The molecule has 0 radical (unpaired) electrons. The van der Waals surface area contributed by atoms with Gasteiger partial charge in [-0.15, -0.1) is 11.8 Å². The largest absolute Gasteiger partial charge is 0.418 e. The van der Waals surface area contributed by atoms with E-state index in [1.54, 1.807) is 24.3 Å². The molecule has 0 aliphatic heterocycles. The van der Waals surface area contributed by atoms with Crippen LogP contribution >= 0.6 is 11.8 Å². The summed E-state index contributed by atoms with van der Waals surface area (Å²) in [4.78, 5) is 35.4. The number of hydrogen-bond acceptors (Lipinski definition) is 5. The molecule has 0 aromatic heterocycles. The fourth-order valence-electron chi connectivity index (χ4n) is 2.80. The van der Waals surface area contributed by atoms with Gasteiger partial charge >= 0.3 is 6.18 Å². The minimum absolute atomic E-state index is 0.102. The van der Waals surface area contributed by atoms with Gasteiger partial charge in [-0.25, -0.2) is 0 Å². The molecule has 7 nitrogen and oxygen atoms in total. The molecule has 33 heavy (non-hydrogen) atoms. The number of amides is 2. The van der Waals surface area contributed by atoms with Crippen molar-refractivity contribution in [3.8, 4) is 0 Å². The molecule has 0 saturated carbocycles. The van der Waals surface area contributed by atoms with E-state index in [0.717, 1.165) is 23.9 Å². The number of rotatable bonds is 7. The Kier molecular flexibility index (Phi) is 7.34. The van der Waals surface area contributed by atoms with Gasteiger partial charge in [-0.3, -0.25) is 19.7 Å². The molecule has 3 aromatic rings. The lowest BCUT2D eigenvalue weighted by atomic mass is 10.1. The molecule has 0 aliphatic rings. The summed E-state index contributed by atoms with van der Waals surface area (Å²) in [5.41, 5.74) is -0.989. The van der Waals surface area contributed by atoms with Crippen molar-refractivity contribution in [2.45, 2.75) is 11.1 Å². The number of nitrogens with one attached hydrogen (secondary N) is 2. The van der Waals surface area contributed by atoms with Crippen molar-refractivity contribution in [3.05, 3.63) is 94.0 Å². The topological polar surface area (TPSA) is 101 Å². The number of nitrogens with zero attached hydrogens (tertiary/aromatic N) is 1. The number of thioether (sulfide) groups is 1. The lowest BCUT2D eigenvalue weighted by Crippen LogP contribution is -2.18. The van der Waals surface area contributed by atoms with Gasteiger partial charge in [-0.2, -0.15) is 13.2 Å². The van der Waals surface area contributed by atoms with Gasteiger partial charge in [0.05, 0.1) is 21.9 Å². The highest BCUT2D eigenvalue weighted by molar-refractivity contribution is 8.00. The Hall–Kier alpha value is -3.86. The second kappa shape index (κ2) is 10.2. The molecule has 0 fully saturated rings. The molecule has 2 amide bonds. The maximum Gasteiger partial charge on any atom is 0.418 e. The van der Waals surface area contributed by atoms with Gasteiger partial charge in [0, 0.05) is 28.3 Å². The molecule has 170 valence electrons. The van der Waals surface area contributed by atoms with E-state index in [4.69, 9.17) is 0 Å². The quantitative estimate of drug-likeness (QED) is 0.263. The number of nitro groups is 1. The number of carbonyl (C=O) groups excluding carboxylic acids is 2. The van der Waals surface area contributed by atoms with Gasteiger partial charge in [0.1, 0.15) is 0 Å². The van der Waals surface area contributed by atoms with E-state index in [1.165, 1.54) is 36.4 Å². The lowest BCUT2D eigenvalue weighted by Gasteiger charge is -2.13. The minimum atomic E-state index is -4.59. The fourth-order valence-corrected chi connectivity index (χ4v) is 3.56. The van der Waals surface area contributed by atoms with Gasteiger partial charge in [0.15, 0.2) is 0 Å². The monoisotopic (exact) mass is 475 g/mol. The van der Waals surface area contributed by atoms with E-state index in [-0.39, 0.29) is 22.7 Å². The van der Waals surface area contributed by atoms with Crippen LogP contribution in [0.1, 0.15) is 15.9 Å². The SMILES string of the molecule is O=C(CSc1cccc(NC(=O)c2cccc([N+](=O)[O-])c2)c1)Nc1ccccc1C(F)(F)F. The predicted octanol–water partition coefficient (Wildman–Crippen LogP) is 5.60. The molecule has 0 heterocycles. The number of carbonyl (C=O) groups is 2. The first-order valence-electron chi connectivity index (χ1n) is 9.38. The van der Waals surface area contributed by atoms with Crippen molar-refractivity contribution in [1.82, 2.24) is 0 Å². The van der Waals surface area contributed by atoms with Gasteiger partial charge in [-0.05, 0) is 36.4 Å². The predicted molar refractivity (Wildman–Crippen MR) is 118 cm³/mol. The molecule has 0 aliphatic carbocycles. The smallest absolute Gasteiger partial charge is 0.325 e. The van der Waals surface area contributed by atoms with E-state index < -0.39 is 28.5 Å². The molecule has 3 rings (SSSR count). The molecule has 3 aromatic carbocycles. The number of para-hydroxylation sites is 1. The van der Waals surface area contributed by atoms with Crippen LogP contribution in [0.5, 0.6) is 0 Å². The van der Waals surface area contributed by atoms with Crippen LogP contribution in [0, 0.1) is 10.1 Å². The molecule has 0 unspecified atom stereocenters. The van der Waals surface area contributed by atoms with Crippen LogP contribution in [0.3, 0.4) is 0 Å². The minimum Gasteiger partial charge on any atom is -0.325 e. The van der Waals surface area contributed by atoms with E-state index in [0.29, 0.717) is 10.6 Å². The van der Waals surface area contributed by atoms with Crippen LogP contribution < -0.4 is 10.6 Å². The summed E-state index contributed by atoms with van der Waals surface area (Å²) < 4.78 is 39.2. The van der Waals surface area contributed by atoms with E-state index >= 15 is 0 Å². The Morgan fingerprint density at radius 2 is 1.67 bits per heavy atom. The Morgan fingerprint density at radius 3 is 2.39 bits per heavy atom. The molecule has 2 N–H and O–H groups in total. The number of benzene rings is 3. The normalized spacial score (nSPS) is 11.0. The molecular formula is C22H16F3N3O4S. The molecule has 0 bridgehead atoms. The van der Waals surface area contributed by atoms with Crippen molar-refractivity contribution in [2.24, 2.45) is 0 Å². The number of alkyl halides is 3. The fraction of sp³-hybridized carbons (Fsp3) is 0.0909. The first kappa shape index (κ1) is 23.8. The number of non-ortho nitro benzene ring substituents is 1. The van der Waals surface area contributed by atoms with Crippen molar-refractivity contribution < 1.29 is 27.7 Å². The summed E-state index contributed by atoms with van der Waals surface area (Å²) in [6.45, 7) is 0. The summed E-state index contributed by atoms with van der Waals surface area (Å²) >= 11 is 1.07. The Balaban J connectivity index is 1.62. The number of halogens is 3. The first-order valence-corrected chi connectivity index (χ1v) is 10.4. The highest BCUT2D eigenvalue weighted by atomic mass is 32.2. The second-order valence-corrected chi connectivity index (χ2v) is 7.72. The zero-order valence-electron chi connectivity index (χ0n) is 16.8. The number of hydrogen-bond donors (Lipinski definition) is 2. The van der Waals surface area contributed by atoms with E-state index in [9.17, 15) is 32.9 Å². The third-order valence-corrected chi connectivity index (χ3v) is 5.28. The Labute approximate surface area is 190 Å². The zero-order valence-corrected chi connectivity index (χ0v) is 17.6. The second-order valence-electron chi connectivity index (χ2n) is 6.67. The summed E-state index contributed by atoms with van der Waals surface area (Å²) in [5, 5.41) is 15.8. The standard InChI is InChI=1S/C22H16F3N3O4S/c23-22(24,25)18-9-1-2-10-19(18)27-20(29)13-33-17-8-4-6-15(12-17)26-21(30)14-5-3-7-16(11-14)28(31)32/h1-12H,13H2,(H,26,30)(H,27,29).